The number of ether oxygens (including phenoxy) is 1. The van der Waals surface area contributed by atoms with Crippen LogP contribution in [0.25, 0.3) is 33.6 Å². The number of nitrogens with one attached hydrogen (secondary N) is 1. The predicted octanol–water partition coefficient (Wildman–Crippen LogP) is 9.43. The van der Waals surface area contributed by atoms with Gasteiger partial charge in [0, 0.05) is 40.7 Å². The van der Waals surface area contributed by atoms with E-state index in [1.54, 1.807) is 12.4 Å². The summed E-state index contributed by atoms with van der Waals surface area (Å²) < 4.78 is 5.99. The van der Waals surface area contributed by atoms with Crippen molar-refractivity contribution in [3.63, 3.8) is 0 Å². The Bertz CT molecular complexity index is 1960. The number of ketones is 1. The summed E-state index contributed by atoms with van der Waals surface area (Å²) in [5.41, 5.74) is 5.68. The third-order valence-electron chi connectivity index (χ3n) is 8.94. The molecule has 5 rings (SSSR count). The summed E-state index contributed by atoms with van der Waals surface area (Å²) in [6.07, 6.45) is 6.17. The van der Waals surface area contributed by atoms with E-state index in [0.29, 0.717) is 10.7 Å². The Balaban J connectivity index is 1.24. The van der Waals surface area contributed by atoms with Crippen LogP contribution in [0.1, 0.15) is 80.9 Å². The van der Waals surface area contributed by atoms with Crippen molar-refractivity contribution in [1.82, 2.24) is 15.3 Å². The Morgan fingerprint density at radius 3 is 1.88 bits per heavy atom. The molecule has 2 heterocycles. The van der Waals surface area contributed by atoms with Gasteiger partial charge in [0.2, 0.25) is 5.91 Å². The third kappa shape index (κ3) is 10.0. The molecule has 3 atom stereocenters. The first kappa shape index (κ1) is 38.1. The highest BCUT2D eigenvalue weighted by Gasteiger charge is 2.27. The van der Waals surface area contributed by atoms with E-state index < -0.39 is 23.8 Å². The number of hydrogen-bond donors (Lipinski definition) is 2. The van der Waals surface area contributed by atoms with Gasteiger partial charge >= 0.3 is 5.97 Å². The lowest BCUT2D eigenvalue weighted by atomic mass is 9.92. The number of amides is 1. The Kier molecular flexibility index (Phi) is 12.4. The molecule has 0 aliphatic rings. The monoisotopic (exact) mass is 717 g/mol. The van der Waals surface area contributed by atoms with Crippen LogP contribution in [-0.4, -0.2) is 44.9 Å². The zero-order valence-corrected chi connectivity index (χ0v) is 31.5. The second-order valence-electron chi connectivity index (χ2n) is 14.3. The van der Waals surface area contributed by atoms with E-state index in [0.717, 1.165) is 56.8 Å². The van der Waals surface area contributed by atoms with Gasteiger partial charge in [-0.25, -0.2) is 9.97 Å². The maximum Gasteiger partial charge on any atom is 0.325 e. The van der Waals surface area contributed by atoms with Crippen molar-refractivity contribution in [2.75, 3.05) is 0 Å². The number of aromatic nitrogens is 2. The average molecular weight is 718 g/mol. The molecular formula is C43H47N3O5S. The number of carbonyl (C=O) groups is 3. The summed E-state index contributed by atoms with van der Waals surface area (Å²) in [4.78, 5) is 48.9. The standard InChI is InChI=1S/C43H47N3O5S/c1-7-8-27(2)51-36-19-17-31(18-20-36)30-13-15-32(16-14-30)35-25-44-40(45-26-35)33-11-9-29(10-12-33)23-34(41(48)46-28(3)42(49)50)24-37(47)38-21-22-39(52-38)43(4,5)6/h9-22,25-28,34H,7-8,23-24H2,1-6H3,(H,46,48)(H,49,50)/t27?,28-,34-/m1/s1. The molecule has 0 fully saturated rings. The zero-order chi connectivity index (χ0) is 37.4. The fourth-order valence-electron chi connectivity index (χ4n) is 5.85. The van der Waals surface area contributed by atoms with Crippen molar-refractivity contribution in [3.8, 4) is 39.4 Å². The minimum atomic E-state index is -1.14. The SMILES string of the molecule is CCCC(C)Oc1ccc(-c2ccc(-c3cnc(-c4ccc(C[C@H](CC(=O)c5ccc(C(C)(C)C)s5)C(=O)N[C@H](C)C(=O)O)cc4)nc3)cc2)cc1. The molecule has 2 aromatic heterocycles. The number of carboxylic acid groups (broad SMARTS) is 1. The van der Waals surface area contributed by atoms with Crippen LogP contribution in [-0.2, 0) is 21.4 Å². The number of carboxylic acids is 1. The van der Waals surface area contributed by atoms with Crippen molar-refractivity contribution < 1.29 is 24.2 Å². The molecule has 270 valence electrons. The lowest BCUT2D eigenvalue weighted by Crippen LogP contribution is -2.42. The Morgan fingerprint density at radius 1 is 0.788 bits per heavy atom. The van der Waals surface area contributed by atoms with Gasteiger partial charge in [0.05, 0.1) is 11.0 Å². The van der Waals surface area contributed by atoms with E-state index >= 15 is 0 Å². The van der Waals surface area contributed by atoms with Gasteiger partial charge in [-0.15, -0.1) is 11.3 Å². The third-order valence-corrected chi connectivity index (χ3v) is 10.5. The van der Waals surface area contributed by atoms with Crippen molar-refractivity contribution >= 4 is 29.0 Å². The minimum Gasteiger partial charge on any atom is -0.491 e. The first-order chi connectivity index (χ1) is 24.8. The Labute approximate surface area is 310 Å². The van der Waals surface area contributed by atoms with E-state index in [2.05, 4.69) is 86.3 Å². The Hall–Kier alpha value is -5.15. The highest BCUT2D eigenvalue weighted by Crippen LogP contribution is 2.31. The number of rotatable bonds is 15. The fourth-order valence-corrected chi connectivity index (χ4v) is 6.86. The number of thiophene rings is 1. The number of hydrogen-bond acceptors (Lipinski definition) is 7. The van der Waals surface area contributed by atoms with E-state index in [1.807, 2.05) is 48.5 Å². The first-order valence-electron chi connectivity index (χ1n) is 17.8. The molecule has 1 amide bonds. The predicted molar refractivity (Wildman–Crippen MR) is 208 cm³/mol. The van der Waals surface area contributed by atoms with Gasteiger partial charge in [0.25, 0.3) is 0 Å². The van der Waals surface area contributed by atoms with Gasteiger partial charge in [-0.3, -0.25) is 14.4 Å². The van der Waals surface area contributed by atoms with Crippen molar-refractivity contribution in [1.29, 1.82) is 0 Å². The summed E-state index contributed by atoms with van der Waals surface area (Å²) in [6, 6.07) is 26.7. The first-order valence-corrected chi connectivity index (χ1v) is 18.6. The van der Waals surface area contributed by atoms with E-state index in [9.17, 15) is 19.5 Å². The lowest BCUT2D eigenvalue weighted by Gasteiger charge is -2.18. The topological polar surface area (TPSA) is 118 Å². The van der Waals surface area contributed by atoms with Crippen LogP contribution in [0, 0.1) is 5.92 Å². The van der Waals surface area contributed by atoms with E-state index in [-0.39, 0.29) is 30.1 Å². The molecule has 1 unspecified atom stereocenters. The fraction of sp³-hybridized carbons (Fsp3) is 0.326. The highest BCUT2D eigenvalue weighted by molar-refractivity contribution is 7.14. The molecule has 52 heavy (non-hydrogen) atoms. The highest BCUT2D eigenvalue weighted by atomic mass is 32.1. The zero-order valence-electron chi connectivity index (χ0n) is 30.7. The van der Waals surface area contributed by atoms with E-state index in [4.69, 9.17) is 4.74 Å². The van der Waals surface area contributed by atoms with Crippen LogP contribution in [0.4, 0.5) is 0 Å². The van der Waals surface area contributed by atoms with Gasteiger partial charge in [-0.05, 0) is 78.6 Å². The van der Waals surface area contributed by atoms with Crippen LogP contribution in [0.15, 0.2) is 97.3 Å². The van der Waals surface area contributed by atoms with Crippen LogP contribution in [0.2, 0.25) is 0 Å². The molecule has 0 spiro atoms. The van der Waals surface area contributed by atoms with Crippen molar-refractivity contribution in [2.24, 2.45) is 5.92 Å². The number of benzene rings is 3. The molecule has 8 nitrogen and oxygen atoms in total. The minimum absolute atomic E-state index is 0.0325. The van der Waals surface area contributed by atoms with Gasteiger partial charge in [-0.2, -0.15) is 0 Å². The summed E-state index contributed by atoms with van der Waals surface area (Å²) in [5.74, 6) is -1.04. The molecule has 5 aromatic rings. The van der Waals surface area contributed by atoms with Crippen LogP contribution in [0.3, 0.4) is 0 Å². The molecule has 0 aliphatic heterocycles. The summed E-state index contributed by atoms with van der Waals surface area (Å²) in [6.45, 7) is 11.9. The molecule has 2 N–H and O–H groups in total. The van der Waals surface area contributed by atoms with E-state index in [1.165, 1.54) is 18.3 Å². The smallest absolute Gasteiger partial charge is 0.325 e. The van der Waals surface area contributed by atoms with Crippen LogP contribution in [0.5, 0.6) is 5.75 Å². The maximum atomic E-state index is 13.3. The van der Waals surface area contributed by atoms with Crippen LogP contribution >= 0.6 is 11.3 Å². The number of aliphatic carboxylic acids is 1. The van der Waals surface area contributed by atoms with Gasteiger partial charge in [0.15, 0.2) is 11.6 Å². The molecule has 0 saturated heterocycles. The number of nitrogens with zero attached hydrogens (tertiary/aromatic N) is 2. The number of Topliss-reactive ketones (excluding diaryl/α,β-unsaturated/α-hetero) is 1. The lowest BCUT2D eigenvalue weighted by molar-refractivity contribution is -0.141. The molecule has 0 saturated carbocycles. The molecular weight excluding hydrogens is 671 g/mol. The second-order valence-corrected chi connectivity index (χ2v) is 15.4. The molecule has 0 bridgehead atoms. The second kappa shape index (κ2) is 16.9. The summed E-state index contributed by atoms with van der Waals surface area (Å²) in [5, 5.41) is 11.9. The van der Waals surface area contributed by atoms with Gasteiger partial charge < -0.3 is 15.2 Å². The normalized spacial score (nSPS) is 13.2. The Morgan fingerprint density at radius 2 is 1.35 bits per heavy atom. The largest absolute Gasteiger partial charge is 0.491 e. The molecule has 9 heteroatoms. The average Bonchev–Trinajstić information content (AvgIpc) is 3.64. The van der Waals surface area contributed by atoms with Crippen molar-refractivity contribution in [2.45, 2.75) is 84.8 Å². The van der Waals surface area contributed by atoms with Crippen LogP contribution < -0.4 is 10.1 Å². The van der Waals surface area contributed by atoms with Crippen molar-refractivity contribution in [3.05, 3.63) is 113 Å². The number of carbonyl (C=O) groups excluding carboxylic acids is 2. The van der Waals surface area contributed by atoms with Gasteiger partial charge in [-0.1, -0.05) is 94.8 Å². The maximum absolute atomic E-state index is 13.3. The quantitative estimate of drug-likeness (QED) is 0.104. The molecule has 0 aliphatic carbocycles. The molecule has 3 aromatic carbocycles. The summed E-state index contributed by atoms with van der Waals surface area (Å²) in [7, 11) is 0. The van der Waals surface area contributed by atoms with Gasteiger partial charge in [0.1, 0.15) is 11.8 Å². The summed E-state index contributed by atoms with van der Waals surface area (Å²) >= 11 is 1.44. The molecule has 0 radical (unpaired) electrons.